The molecule has 0 spiro atoms. The Kier molecular flexibility index (Phi) is 4.88. The fraction of sp³-hybridized carbons (Fsp3) is 0.278. The van der Waals surface area contributed by atoms with E-state index in [9.17, 15) is 29.3 Å². The average molecular weight is 405 g/mol. The van der Waals surface area contributed by atoms with Crippen molar-refractivity contribution in [1.29, 1.82) is 0 Å². The summed E-state index contributed by atoms with van der Waals surface area (Å²) in [5.41, 5.74) is -1.07. The Bertz CT molecular complexity index is 1140. The maximum atomic E-state index is 13.1. The quantitative estimate of drug-likeness (QED) is 0.458. The van der Waals surface area contributed by atoms with Crippen LogP contribution in [0.25, 0.3) is 22.6 Å². The van der Waals surface area contributed by atoms with Crippen molar-refractivity contribution in [2.45, 2.75) is 24.5 Å². The second-order valence-electron chi connectivity index (χ2n) is 6.52. The molecule has 29 heavy (non-hydrogen) atoms. The van der Waals surface area contributed by atoms with Crippen molar-refractivity contribution in [3.8, 4) is 22.6 Å². The van der Waals surface area contributed by atoms with Crippen molar-refractivity contribution in [2.75, 3.05) is 6.61 Å². The molecule has 0 amide bonds. The van der Waals surface area contributed by atoms with Gasteiger partial charge >= 0.3 is 5.69 Å². The monoisotopic (exact) mass is 405 g/mol. The van der Waals surface area contributed by atoms with Crippen molar-refractivity contribution in [3.63, 3.8) is 0 Å². The van der Waals surface area contributed by atoms with E-state index >= 15 is 0 Å². The van der Waals surface area contributed by atoms with Crippen LogP contribution in [-0.2, 0) is 4.74 Å². The molecule has 3 aromatic rings. The van der Waals surface area contributed by atoms with E-state index in [0.717, 1.165) is 10.8 Å². The molecule has 4 atom stereocenters. The van der Waals surface area contributed by atoms with Gasteiger partial charge in [0.05, 0.1) is 12.2 Å². The lowest BCUT2D eigenvalue weighted by Crippen LogP contribution is -2.38. The van der Waals surface area contributed by atoms with Gasteiger partial charge in [-0.3, -0.25) is 14.3 Å². The third-order valence-corrected chi connectivity index (χ3v) is 4.67. The fourth-order valence-electron chi connectivity index (χ4n) is 3.12. The van der Waals surface area contributed by atoms with E-state index in [1.165, 1.54) is 30.3 Å². The van der Waals surface area contributed by atoms with Gasteiger partial charge < -0.3 is 24.6 Å². The highest BCUT2D eigenvalue weighted by Gasteiger charge is 2.43. The summed E-state index contributed by atoms with van der Waals surface area (Å²) in [6.07, 6.45) is -4.21. The molecule has 1 aliphatic rings. The van der Waals surface area contributed by atoms with Crippen LogP contribution in [0.15, 0.2) is 50.6 Å². The molecular formula is C18H16FN3O7. The Morgan fingerprint density at radius 3 is 2.55 bits per heavy atom. The van der Waals surface area contributed by atoms with Crippen LogP contribution in [0.3, 0.4) is 0 Å². The molecule has 11 heteroatoms. The van der Waals surface area contributed by atoms with Crippen LogP contribution in [0, 0.1) is 5.82 Å². The fourth-order valence-corrected chi connectivity index (χ4v) is 3.12. The van der Waals surface area contributed by atoms with Crippen LogP contribution in [0.5, 0.6) is 0 Å². The molecule has 4 N–H and O–H groups in total. The van der Waals surface area contributed by atoms with Gasteiger partial charge in [-0.15, -0.1) is 0 Å². The van der Waals surface area contributed by atoms with Gasteiger partial charge in [0, 0.05) is 17.8 Å². The lowest BCUT2D eigenvalue weighted by molar-refractivity contribution is -0.0549. The molecule has 152 valence electrons. The maximum absolute atomic E-state index is 13.1. The standard InChI is InChI=1S/C18H16FN3O7/c19-9-3-1-8(2-4-9)12-5-11(21-29-12)10-6-22(18(27)20-16(10)26)17-15(25)14(24)13(7-23)28-17/h1-6,13-15,17,23-25H,7H2,(H,20,26,27)/t13-,14-,15-,17-/m1/s1. The Balaban J connectivity index is 1.73. The number of aliphatic hydroxyl groups excluding tert-OH is 3. The van der Waals surface area contributed by atoms with Crippen LogP contribution in [-0.4, -0.2) is 54.9 Å². The molecule has 0 saturated carbocycles. The van der Waals surface area contributed by atoms with Crippen LogP contribution in [0.2, 0.25) is 0 Å². The predicted octanol–water partition coefficient (Wildman–Crippen LogP) is -0.391. The number of aromatic amines is 1. The first-order chi connectivity index (χ1) is 13.9. The molecule has 10 nitrogen and oxygen atoms in total. The van der Waals surface area contributed by atoms with Gasteiger partial charge in [-0.25, -0.2) is 9.18 Å². The van der Waals surface area contributed by atoms with E-state index in [4.69, 9.17) is 9.26 Å². The van der Waals surface area contributed by atoms with Crippen LogP contribution < -0.4 is 11.2 Å². The summed E-state index contributed by atoms with van der Waals surface area (Å²) in [6, 6.07) is 6.87. The third-order valence-electron chi connectivity index (χ3n) is 4.67. The Hall–Kier alpha value is -3.12. The number of hydrogen-bond acceptors (Lipinski definition) is 8. The van der Waals surface area contributed by atoms with Crippen molar-refractivity contribution in [1.82, 2.24) is 14.7 Å². The summed E-state index contributed by atoms with van der Waals surface area (Å²) < 4.78 is 24.5. The molecule has 0 aliphatic carbocycles. The normalized spacial score (nSPS) is 24.1. The smallest absolute Gasteiger partial charge is 0.330 e. The SMILES string of the molecule is O=c1[nH]c(=O)n([C@@H]2O[C@H](CO)[C@@H](O)[C@H]2O)cc1-c1cc(-c2ccc(F)cc2)on1. The zero-order valence-corrected chi connectivity index (χ0v) is 14.7. The Labute approximate surface area is 161 Å². The lowest BCUT2D eigenvalue weighted by Gasteiger charge is -2.17. The van der Waals surface area contributed by atoms with Gasteiger partial charge in [0.25, 0.3) is 5.56 Å². The van der Waals surface area contributed by atoms with E-state index in [1.807, 2.05) is 0 Å². The topological polar surface area (TPSA) is 151 Å². The van der Waals surface area contributed by atoms with E-state index < -0.39 is 48.2 Å². The van der Waals surface area contributed by atoms with Crippen molar-refractivity contribution < 1.29 is 29.0 Å². The summed E-state index contributed by atoms with van der Waals surface area (Å²) in [6.45, 7) is -0.565. The molecule has 0 bridgehead atoms. The number of hydrogen-bond donors (Lipinski definition) is 4. The number of aromatic nitrogens is 3. The highest BCUT2D eigenvalue weighted by molar-refractivity contribution is 5.65. The molecule has 1 aromatic carbocycles. The maximum Gasteiger partial charge on any atom is 0.330 e. The molecule has 1 fully saturated rings. The number of H-pyrrole nitrogens is 1. The van der Waals surface area contributed by atoms with E-state index in [2.05, 4.69) is 10.1 Å². The second-order valence-corrected chi connectivity index (χ2v) is 6.52. The minimum Gasteiger partial charge on any atom is -0.394 e. The highest BCUT2D eigenvalue weighted by Crippen LogP contribution is 2.29. The first kappa shape index (κ1) is 19.2. The summed E-state index contributed by atoms with van der Waals surface area (Å²) in [7, 11) is 0. The Morgan fingerprint density at radius 2 is 1.90 bits per heavy atom. The molecular weight excluding hydrogens is 389 g/mol. The molecule has 0 unspecified atom stereocenters. The largest absolute Gasteiger partial charge is 0.394 e. The van der Waals surface area contributed by atoms with E-state index in [1.54, 1.807) is 0 Å². The number of ether oxygens (including phenoxy) is 1. The Morgan fingerprint density at radius 1 is 1.17 bits per heavy atom. The second kappa shape index (κ2) is 7.37. The number of aliphatic hydroxyl groups is 3. The predicted molar refractivity (Wildman–Crippen MR) is 95.2 cm³/mol. The van der Waals surface area contributed by atoms with Crippen LogP contribution in [0.4, 0.5) is 4.39 Å². The number of rotatable bonds is 4. The molecule has 0 radical (unpaired) electrons. The summed E-state index contributed by atoms with van der Waals surface area (Å²) in [4.78, 5) is 26.6. The van der Waals surface area contributed by atoms with Crippen molar-refractivity contribution >= 4 is 0 Å². The molecule has 1 aliphatic heterocycles. The molecule has 4 rings (SSSR count). The number of halogens is 1. The van der Waals surface area contributed by atoms with Gasteiger partial charge in [-0.1, -0.05) is 5.16 Å². The third kappa shape index (κ3) is 3.40. The average Bonchev–Trinajstić information content (AvgIpc) is 3.29. The van der Waals surface area contributed by atoms with Gasteiger partial charge in [0.15, 0.2) is 12.0 Å². The van der Waals surface area contributed by atoms with Gasteiger partial charge in [0.2, 0.25) is 0 Å². The molecule has 1 saturated heterocycles. The van der Waals surface area contributed by atoms with Gasteiger partial charge in [-0.05, 0) is 24.3 Å². The number of nitrogens with zero attached hydrogens (tertiary/aromatic N) is 2. The first-order valence-electron chi connectivity index (χ1n) is 8.60. The molecule has 3 heterocycles. The highest BCUT2D eigenvalue weighted by atomic mass is 19.1. The summed E-state index contributed by atoms with van der Waals surface area (Å²) in [5, 5.41) is 33.1. The van der Waals surface area contributed by atoms with E-state index in [-0.39, 0.29) is 17.0 Å². The van der Waals surface area contributed by atoms with Gasteiger partial charge in [-0.2, -0.15) is 0 Å². The van der Waals surface area contributed by atoms with Crippen LogP contribution >= 0.6 is 0 Å². The van der Waals surface area contributed by atoms with Crippen molar-refractivity contribution in [2.24, 2.45) is 0 Å². The van der Waals surface area contributed by atoms with Crippen LogP contribution in [0.1, 0.15) is 6.23 Å². The zero-order chi connectivity index (χ0) is 20.7. The number of nitrogens with one attached hydrogen (secondary N) is 1. The first-order valence-corrected chi connectivity index (χ1v) is 8.60. The van der Waals surface area contributed by atoms with Gasteiger partial charge in [0.1, 0.15) is 29.8 Å². The summed E-state index contributed by atoms with van der Waals surface area (Å²) in [5.74, 6) is -0.152. The number of benzene rings is 1. The zero-order valence-electron chi connectivity index (χ0n) is 14.7. The summed E-state index contributed by atoms with van der Waals surface area (Å²) >= 11 is 0. The molecule has 2 aromatic heterocycles. The minimum atomic E-state index is -1.50. The minimum absolute atomic E-state index is 0.0561. The van der Waals surface area contributed by atoms with Crippen molar-refractivity contribution in [3.05, 3.63) is 63.2 Å². The van der Waals surface area contributed by atoms with E-state index in [0.29, 0.717) is 5.56 Å². The lowest BCUT2D eigenvalue weighted by atomic mass is 10.1.